The van der Waals surface area contributed by atoms with Crippen LogP contribution in [0.15, 0.2) is 41.6 Å². The summed E-state index contributed by atoms with van der Waals surface area (Å²) in [5, 5.41) is 5.70. The second-order valence-electron chi connectivity index (χ2n) is 6.63. The fourth-order valence-electron chi connectivity index (χ4n) is 3.32. The number of rotatable bonds is 5. The molecule has 7 heteroatoms. The van der Waals surface area contributed by atoms with Gasteiger partial charge in [0.15, 0.2) is 0 Å². The van der Waals surface area contributed by atoms with Gasteiger partial charge in [0.25, 0.3) is 0 Å². The van der Waals surface area contributed by atoms with E-state index < -0.39 is 12.0 Å². The van der Waals surface area contributed by atoms with Crippen molar-refractivity contribution in [1.29, 1.82) is 0 Å². The molecule has 1 aromatic carbocycles. The summed E-state index contributed by atoms with van der Waals surface area (Å²) in [6, 6.07) is 8.71. The van der Waals surface area contributed by atoms with E-state index in [0.717, 1.165) is 31.7 Å². The quantitative estimate of drug-likeness (QED) is 0.772. The number of esters is 1. The van der Waals surface area contributed by atoms with Crippen molar-refractivity contribution in [3.63, 3.8) is 0 Å². The van der Waals surface area contributed by atoms with Gasteiger partial charge in [-0.2, -0.15) is 0 Å². The fraction of sp³-hybridized carbons (Fsp3) is 0.474. The van der Waals surface area contributed by atoms with Crippen molar-refractivity contribution < 1.29 is 14.3 Å². The zero-order valence-corrected chi connectivity index (χ0v) is 15.3. The summed E-state index contributed by atoms with van der Waals surface area (Å²) in [4.78, 5) is 29.5. The van der Waals surface area contributed by atoms with Crippen molar-refractivity contribution in [2.75, 3.05) is 46.4 Å². The molecule has 1 aromatic rings. The minimum atomic E-state index is -0.508. The van der Waals surface area contributed by atoms with Gasteiger partial charge in [-0.25, -0.2) is 9.59 Å². The number of nitrogens with one attached hydrogen (secondary N) is 2. The molecule has 2 N–H and O–H groups in total. The van der Waals surface area contributed by atoms with Crippen LogP contribution in [0.1, 0.15) is 18.5 Å². The smallest absolute Gasteiger partial charge is 0.338 e. The van der Waals surface area contributed by atoms with Crippen LogP contribution in [0.3, 0.4) is 0 Å². The summed E-state index contributed by atoms with van der Waals surface area (Å²) in [5.74, 6) is -0.391. The number of hydrogen-bond donors (Lipinski definition) is 2. The van der Waals surface area contributed by atoms with Gasteiger partial charge in [-0.15, -0.1) is 0 Å². The van der Waals surface area contributed by atoms with Gasteiger partial charge in [0.05, 0.1) is 18.2 Å². The van der Waals surface area contributed by atoms with E-state index in [1.165, 1.54) is 0 Å². The van der Waals surface area contributed by atoms with Gasteiger partial charge in [-0.05, 0) is 19.5 Å². The van der Waals surface area contributed by atoms with Crippen molar-refractivity contribution in [3.8, 4) is 0 Å². The molecule has 0 bridgehead atoms. The van der Waals surface area contributed by atoms with Crippen LogP contribution in [0, 0.1) is 0 Å². The first-order valence-corrected chi connectivity index (χ1v) is 9.02. The molecule has 1 fully saturated rings. The molecular formula is C19H26N4O3. The van der Waals surface area contributed by atoms with Crippen molar-refractivity contribution >= 4 is 12.0 Å². The molecule has 0 aliphatic carbocycles. The van der Waals surface area contributed by atoms with E-state index >= 15 is 0 Å². The van der Waals surface area contributed by atoms with Crippen LogP contribution in [0.5, 0.6) is 0 Å². The second-order valence-corrected chi connectivity index (χ2v) is 6.63. The van der Waals surface area contributed by atoms with Gasteiger partial charge in [-0.1, -0.05) is 30.3 Å². The average Bonchev–Trinajstić information content (AvgIpc) is 2.64. The first-order chi connectivity index (χ1) is 12.6. The lowest BCUT2D eigenvalue weighted by Crippen LogP contribution is -2.51. The Bertz CT molecular complexity index is 681. The Balaban J connectivity index is 1.93. The zero-order chi connectivity index (χ0) is 18.5. The summed E-state index contributed by atoms with van der Waals surface area (Å²) in [7, 11) is 2.10. The normalized spacial score (nSPS) is 21.9. The minimum absolute atomic E-state index is 0.291. The van der Waals surface area contributed by atoms with E-state index in [4.69, 9.17) is 4.74 Å². The molecule has 0 radical (unpaired) electrons. The molecule has 7 nitrogen and oxygen atoms in total. The summed E-state index contributed by atoms with van der Waals surface area (Å²) in [6.45, 7) is 6.33. The van der Waals surface area contributed by atoms with Gasteiger partial charge in [-0.3, -0.25) is 4.90 Å². The maximum absolute atomic E-state index is 12.7. The number of carbonyl (C=O) groups is 2. The maximum Gasteiger partial charge on any atom is 0.338 e. The molecule has 2 amide bonds. The molecule has 0 spiro atoms. The number of likely N-dealkylation sites (N-methyl/N-ethyl adjacent to an activating group) is 1. The summed E-state index contributed by atoms with van der Waals surface area (Å²) >= 11 is 0. The highest BCUT2D eigenvalue weighted by Crippen LogP contribution is 2.28. The van der Waals surface area contributed by atoms with Crippen LogP contribution in [0.2, 0.25) is 0 Å². The van der Waals surface area contributed by atoms with E-state index in [9.17, 15) is 9.59 Å². The van der Waals surface area contributed by atoms with Crippen molar-refractivity contribution in [3.05, 3.63) is 47.2 Å². The van der Waals surface area contributed by atoms with Crippen molar-refractivity contribution in [1.82, 2.24) is 20.4 Å². The van der Waals surface area contributed by atoms with E-state index in [1.807, 2.05) is 30.3 Å². The van der Waals surface area contributed by atoms with Crippen LogP contribution in [0.4, 0.5) is 4.79 Å². The van der Waals surface area contributed by atoms with Crippen LogP contribution in [-0.2, 0) is 9.53 Å². The second kappa shape index (κ2) is 8.33. The summed E-state index contributed by atoms with van der Waals surface area (Å²) < 4.78 is 5.29. The third kappa shape index (κ3) is 4.23. The molecule has 1 saturated heterocycles. The van der Waals surface area contributed by atoms with Crippen LogP contribution >= 0.6 is 0 Å². The van der Waals surface area contributed by atoms with Crippen molar-refractivity contribution in [2.45, 2.75) is 13.0 Å². The Labute approximate surface area is 154 Å². The molecule has 2 heterocycles. The highest BCUT2D eigenvalue weighted by molar-refractivity contribution is 5.95. The predicted octanol–water partition coefficient (Wildman–Crippen LogP) is 1.11. The van der Waals surface area contributed by atoms with Gasteiger partial charge in [0, 0.05) is 38.4 Å². The highest BCUT2D eigenvalue weighted by Gasteiger charge is 2.34. The molecular weight excluding hydrogens is 332 g/mol. The van der Waals surface area contributed by atoms with Crippen LogP contribution in [-0.4, -0.2) is 68.2 Å². The molecule has 0 aromatic heterocycles. The van der Waals surface area contributed by atoms with E-state index in [-0.39, 0.29) is 6.03 Å². The van der Waals surface area contributed by atoms with E-state index in [2.05, 4.69) is 27.5 Å². The van der Waals surface area contributed by atoms with Crippen molar-refractivity contribution in [2.24, 2.45) is 0 Å². The standard InChI is InChI=1S/C19H26N4O3/c1-3-26-18(24)16-15(13-23-11-9-22(2)10-12-23)20-19(25)21-17(16)14-7-5-4-6-8-14/h4-8,17H,3,9-13H2,1-2H3,(H2,20,21,25)/t17-/m0/s1. The SMILES string of the molecule is CCOC(=O)C1=C(CN2CCN(C)CC2)NC(=O)N[C@H]1c1ccccc1. The predicted molar refractivity (Wildman–Crippen MR) is 98.4 cm³/mol. The average molecular weight is 358 g/mol. The molecule has 0 saturated carbocycles. The number of benzene rings is 1. The topological polar surface area (TPSA) is 73.9 Å². The Morgan fingerprint density at radius 2 is 1.88 bits per heavy atom. The van der Waals surface area contributed by atoms with Crippen LogP contribution in [0.25, 0.3) is 0 Å². The Kier molecular flexibility index (Phi) is 5.90. The third-order valence-electron chi connectivity index (χ3n) is 4.76. The third-order valence-corrected chi connectivity index (χ3v) is 4.76. The van der Waals surface area contributed by atoms with Gasteiger partial charge >= 0.3 is 12.0 Å². The molecule has 2 aliphatic rings. The first-order valence-electron chi connectivity index (χ1n) is 9.02. The van der Waals surface area contributed by atoms with Gasteiger partial charge < -0.3 is 20.3 Å². The molecule has 0 unspecified atom stereocenters. The van der Waals surface area contributed by atoms with E-state index in [1.54, 1.807) is 6.92 Å². The maximum atomic E-state index is 12.7. The summed E-state index contributed by atoms with van der Waals surface area (Å²) in [5.41, 5.74) is 1.98. The fourth-order valence-corrected chi connectivity index (χ4v) is 3.32. The number of piperazine rings is 1. The number of carbonyl (C=O) groups excluding carboxylic acids is 2. The molecule has 2 aliphatic heterocycles. The highest BCUT2D eigenvalue weighted by atomic mass is 16.5. The number of ether oxygens (including phenoxy) is 1. The molecule has 1 atom stereocenters. The van der Waals surface area contributed by atoms with Gasteiger partial charge in [0.1, 0.15) is 0 Å². The van der Waals surface area contributed by atoms with E-state index in [0.29, 0.717) is 24.4 Å². The lowest BCUT2D eigenvalue weighted by molar-refractivity contribution is -0.139. The number of amides is 2. The Hall–Kier alpha value is -2.38. The summed E-state index contributed by atoms with van der Waals surface area (Å²) in [6.07, 6.45) is 0. The molecule has 3 rings (SSSR count). The molecule has 140 valence electrons. The van der Waals surface area contributed by atoms with Gasteiger partial charge in [0.2, 0.25) is 0 Å². The largest absolute Gasteiger partial charge is 0.463 e. The minimum Gasteiger partial charge on any atom is -0.463 e. The van der Waals surface area contributed by atoms with Crippen LogP contribution < -0.4 is 10.6 Å². The monoisotopic (exact) mass is 358 g/mol. The number of hydrogen-bond acceptors (Lipinski definition) is 5. The number of nitrogens with zero attached hydrogens (tertiary/aromatic N) is 2. The lowest BCUT2D eigenvalue weighted by atomic mass is 9.95. The first kappa shape index (κ1) is 18.4. The number of urea groups is 1. The lowest BCUT2D eigenvalue weighted by Gasteiger charge is -2.35. The molecule has 26 heavy (non-hydrogen) atoms. The Morgan fingerprint density at radius 1 is 1.19 bits per heavy atom. The zero-order valence-electron chi connectivity index (χ0n) is 15.3. The Morgan fingerprint density at radius 3 is 2.54 bits per heavy atom.